The average molecular weight is 301 g/mol. The summed E-state index contributed by atoms with van der Waals surface area (Å²) in [6, 6.07) is 0. The van der Waals surface area contributed by atoms with Crippen molar-refractivity contribution in [3.8, 4) is 0 Å². The van der Waals surface area contributed by atoms with E-state index in [0.29, 0.717) is 26.1 Å². The molecule has 0 saturated heterocycles. The van der Waals surface area contributed by atoms with Gasteiger partial charge in [-0.05, 0) is 39.5 Å². The Morgan fingerprint density at radius 1 is 0.905 bits per heavy atom. The molecule has 0 aliphatic carbocycles. The lowest BCUT2D eigenvalue weighted by molar-refractivity contribution is -0.317. The van der Waals surface area contributed by atoms with Crippen LogP contribution in [0.5, 0.6) is 0 Å². The fourth-order valence-corrected chi connectivity index (χ4v) is 1.85. The minimum absolute atomic E-state index is 0.589. The molecule has 0 bridgehead atoms. The van der Waals surface area contributed by atoms with Crippen molar-refractivity contribution in [2.75, 3.05) is 13.2 Å². The molecule has 0 atom stereocenters. The number of ether oxygens (including phenoxy) is 1. The molecule has 0 aliphatic rings. The Morgan fingerprint density at radius 3 is 1.71 bits per heavy atom. The van der Waals surface area contributed by atoms with Gasteiger partial charge in [-0.3, -0.25) is 4.79 Å². The van der Waals surface area contributed by atoms with E-state index in [1.54, 1.807) is 27.7 Å². The third-order valence-corrected chi connectivity index (χ3v) is 3.81. The van der Waals surface area contributed by atoms with E-state index in [2.05, 4.69) is 0 Å². The van der Waals surface area contributed by atoms with Crippen molar-refractivity contribution in [3.05, 3.63) is 0 Å². The summed E-state index contributed by atoms with van der Waals surface area (Å²) in [7, 11) is 0. The van der Waals surface area contributed by atoms with Crippen LogP contribution in [0.1, 0.15) is 66.2 Å². The zero-order valence-electron chi connectivity index (χ0n) is 13.7. The van der Waals surface area contributed by atoms with E-state index < -0.39 is 22.8 Å². The summed E-state index contributed by atoms with van der Waals surface area (Å²) in [5.74, 6) is -1.77. The molecular weight excluding hydrogens is 272 g/mol. The van der Waals surface area contributed by atoms with Crippen molar-refractivity contribution in [1.29, 1.82) is 0 Å². The largest absolute Gasteiger partial charge is 0.550 e. The molecule has 0 spiro atoms. The molecule has 0 aromatic heterocycles. The standard InChI is InChI=1S/C16H30O5/c1-15(2,13(17)18)9-5-7-11-21-12-8-6-10-16(3,4)14(19)20/h5-12H2,1-4H3,(H,17,18)(H,19,20)/p-1. The molecule has 0 aromatic rings. The van der Waals surface area contributed by atoms with Crippen LogP contribution in [0.4, 0.5) is 0 Å². The fraction of sp³-hybridized carbons (Fsp3) is 0.875. The molecule has 0 aromatic carbocycles. The summed E-state index contributed by atoms with van der Waals surface area (Å²) in [5.41, 5.74) is -1.45. The molecule has 124 valence electrons. The molecule has 0 heterocycles. The normalized spacial score (nSPS) is 12.4. The number of carboxylic acids is 2. The molecule has 0 radical (unpaired) electrons. The number of carboxylic acid groups (broad SMARTS) is 2. The van der Waals surface area contributed by atoms with Gasteiger partial charge in [0.2, 0.25) is 0 Å². The first-order valence-electron chi connectivity index (χ1n) is 7.62. The van der Waals surface area contributed by atoms with Crippen LogP contribution in [0.3, 0.4) is 0 Å². The maximum atomic E-state index is 10.9. The van der Waals surface area contributed by atoms with Crippen LogP contribution in [0, 0.1) is 10.8 Å². The predicted octanol–water partition coefficient (Wildman–Crippen LogP) is 2.23. The Morgan fingerprint density at radius 2 is 1.33 bits per heavy atom. The maximum Gasteiger partial charge on any atom is 0.309 e. The molecule has 0 rings (SSSR count). The van der Waals surface area contributed by atoms with Crippen molar-refractivity contribution in [2.45, 2.75) is 66.2 Å². The van der Waals surface area contributed by atoms with Gasteiger partial charge in [-0.2, -0.15) is 0 Å². The number of unbranched alkanes of at least 4 members (excludes halogenated alkanes) is 2. The van der Waals surface area contributed by atoms with Gasteiger partial charge in [0, 0.05) is 24.6 Å². The second kappa shape index (κ2) is 9.03. The first-order valence-corrected chi connectivity index (χ1v) is 7.62. The second-order valence-electron chi connectivity index (χ2n) is 6.89. The van der Waals surface area contributed by atoms with Crippen LogP contribution in [-0.2, 0) is 14.3 Å². The molecule has 0 amide bonds. The number of carbonyl (C=O) groups excluding carboxylic acids is 1. The third-order valence-electron chi connectivity index (χ3n) is 3.81. The Balaban J connectivity index is 3.50. The Labute approximate surface area is 127 Å². The van der Waals surface area contributed by atoms with Crippen LogP contribution in [0.15, 0.2) is 0 Å². The van der Waals surface area contributed by atoms with Crippen molar-refractivity contribution < 1.29 is 24.5 Å². The lowest BCUT2D eigenvalue weighted by atomic mass is 9.87. The topological polar surface area (TPSA) is 86.7 Å². The quantitative estimate of drug-likeness (QED) is 0.559. The Hall–Kier alpha value is -1.10. The summed E-state index contributed by atoms with van der Waals surface area (Å²) in [5, 5.41) is 19.8. The average Bonchev–Trinajstić information content (AvgIpc) is 2.36. The number of aliphatic carboxylic acids is 2. The zero-order valence-corrected chi connectivity index (χ0v) is 13.7. The highest BCUT2D eigenvalue weighted by Gasteiger charge is 2.25. The van der Waals surface area contributed by atoms with E-state index in [1.807, 2.05) is 0 Å². The van der Waals surface area contributed by atoms with E-state index >= 15 is 0 Å². The second-order valence-corrected chi connectivity index (χ2v) is 6.89. The van der Waals surface area contributed by atoms with Crippen LogP contribution in [0.2, 0.25) is 0 Å². The first-order chi connectivity index (χ1) is 9.59. The lowest BCUT2D eigenvalue weighted by Gasteiger charge is -2.25. The molecule has 5 heteroatoms. The molecule has 0 fully saturated rings. The maximum absolute atomic E-state index is 10.9. The van der Waals surface area contributed by atoms with Gasteiger partial charge in [0.1, 0.15) is 0 Å². The van der Waals surface area contributed by atoms with Gasteiger partial charge in [-0.25, -0.2) is 0 Å². The van der Waals surface area contributed by atoms with E-state index in [-0.39, 0.29) is 0 Å². The molecular formula is C16H29O5-. The number of rotatable bonds is 12. The van der Waals surface area contributed by atoms with Gasteiger partial charge in [0.15, 0.2) is 0 Å². The minimum Gasteiger partial charge on any atom is -0.550 e. The SMILES string of the molecule is CC(C)(CCCCOCCCCC(C)(C)C(=O)O)C(=O)[O-]. The Bertz CT molecular complexity index is 302. The smallest absolute Gasteiger partial charge is 0.309 e. The van der Waals surface area contributed by atoms with Crippen molar-refractivity contribution >= 4 is 11.9 Å². The van der Waals surface area contributed by atoms with Gasteiger partial charge in [0.05, 0.1) is 5.41 Å². The summed E-state index contributed by atoms with van der Waals surface area (Å²) < 4.78 is 5.47. The van der Waals surface area contributed by atoms with Gasteiger partial charge in [-0.1, -0.05) is 26.7 Å². The monoisotopic (exact) mass is 301 g/mol. The van der Waals surface area contributed by atoms with Gasteiger partial charge < -0.3 is 19.7 Å². The molecule has 0 aliphatic heterocycles. The summed E-state index contributed by atoms with van der Waals surface area (Å²) in [6.45, 7) is 8.05. The third kappa shape index (κ3) is 8.71. The molecule has 21 heavy (non-hydrogen) atoms. The van der Waals surface area contributed by atoms with Gasteiger partial charge in [0.25, 0.3) is 0 Å². The molecule has 5 nitrogen and oxygen atoms in total. The highest BCUT2D eigenvalue weighted by Crippen LogP contribution is 2.23. The highest BCUT2D eigenvalue weighted by molar-refractivity contribution is 5.73. The van der Waals surface area contributed by atoms with Crippen molar-refractivity contribution in [1.82, 2.24) is 0 Å². The number of hydrogen-bond acceptors (Lipinski definition) is 4. The van der Waals surface area contributed by atoms with Crippen molar-refractivity contribution in [3.63, 3.8) is 0 Å². The van der Waals surface area contributed by atoms with Gasteiger partial charge >= 0.3 is 5.97 Å². The van der Waals surface area contributed by atoms with Crippen LogP contribution in [-0.4, -0.2) is 30.3 Å². The Kier molecular flexibility index (Phi) is 8.55. The molecule has 1 N–H and O–H groups in total. The van der Waals surface area contributed by atoms with E-state index in [1.165, 1.54) is 0 Å². The van der Waals surface area contributed by atoms with Crippen LogP contribution < -0.4 is 5.11 Å². The highest BCUT2D eigenvalue weighted by atomic mass is 16.5. The van der Waals surface area contributed by atoms with Crippen LogP contribution >= 0.6 is 0 Å². The minimum atomic E-state index is -1.01. The zero-order chi connectivity index (χ0) is 16.5. The van der Waals surface area contributed by atoms with E-state index in [4.69, 9.17) is 9.84 Å². The summed E-state index contributed by atoms with van der Waals surface area (Å²) in [6.07, 6.45) is 4.54. The molecule has 0 unspecified atom stereocenters. The number of hydrogen-bond donors (Lipinski definition) is 1. The number of carbonyl (C=O) groups is 2. The van der Waals surface area contributed by atoms with Crippen LogP contribution in [0.25, 0.3) is 0 Å². The molecule has 0 saturated carbocycles. The van der Waals surface area contributed by atoms with E-state index in [0.717, 1.165) is 25.7 Å². The lowest BCUT2D eigenvalue weighted by Crippen LogP contribution is -2.37. The first kappa shape index (κ1) is 19.9. The van der Waals surface area contributed by atoms with Crippen molar-refractivity contribution in [2.24, 2.45) is 10.8 Å². The fourth-order valence-electron chi connectivity index (χ4n) is 1.85. The summed E-state index contributed by atoms with van der Waals surface area (Å²) in [4.78, 5) is 21.7. The van der Waals surface area contributed by atoms with Gasteiger partial charge in [-0.15, -0.1) is 0 Å². The van der Waals surface area contributed by atoms with E-state index in [9.17, 15) is 14.7 Å². The summed E-state index contributed by atoms with van der Waals surface area (Å²) >= 11 is 0. The predicted molar refractivity (Wildman–Crippen MR) is 78.7 cm³/mol.